The van der Waals surface area contributed by atoms with Gasteiger partial charge in [0.05, 0.1) is 4.90 Å². The largest absolute Gasteiger partial charge is 0.396 e. The average Bonchev–Trinajstić information content (AvgIpc) is 2.92. The fourth-order valence-corrected chi connectivity index (χ4v) is 3.75. The lowest BCUT2D eigenvalue weighted by Crippen LogP contribution is -2.04. The highest BCUT2D eigenvalue weighted by atomic mass is 32.2. The number of rotatable bonds is 8. The standard InChI is InChI=1S/C15H21N3O3S2/c1-3-18-14(5-4-10-19)16-17-15(18)22-11-12-6-8-13(9-7-12)23(2,20)21/h6-9,19H,3-5,10-11H2,1-2H3. The monoisotopic (exact) mass is 355 g/mol. The highest BCUT2D eigenvalue weighted by molar-refractivity contribution is 7.98. The summed E-state index contributed by atoms with van der Waals surface area (Å²) in [6.07, 6.45) is 2.59. The van der Waals surface area contributed by atoms with Crippen LogP contribution in [0, 0.1) is 0 Å². The lowest BCUT2D eigenvalue weighted by Gasteiger charge is -2.07. The quantitative estimate of drug-likeness (QED) is 0.728. The predicted octanol–water partition coefficient (Wildman–Crippen LogP) is 1.92. The van der Waals surface area contributed by atoms with Crippen molar-refractivity contribution in [2.75, 3.05) is 12.9 Å². The summed E-state index contributed by atoms with van der Waals surface area (Å²) in [5, 5.41) is 18.2. The topological polar surface area (TPSA) is 85.1 Å². The molecule has 1 N–H and O–H groups in total. The lowest BCUT2D eigenvalue weighted by molar-refractivity contribution is 0.286. The summed E-state index contributed by atoms with van der Waals surface area (Å²) >= 11 is 1.57. The molecular formula is C15H21N3O3S2. The van der Waals surface area contributed by atoms with Crippen LogP contribution >= 0.6 is 11.8 Å². The van der Waals surface area contributed by atoms with Crippen LogP contribution in [0.3, 0.4) is 0 Å². The van der Waals surface area contributed by atoms with E-state index in [2.05, 4.69) is 10.2 Å². The molecule has 1 aromatic heterocycles. The molecule has 0 aliphatic carbocycles. The minimum atomic E-state index is -3.16. The number of aliphatic hydroxyl groups excluding tert-OH is 1. The summed E-state index contributed by atoms with van der Waals surface area (Å²) < 4.78 is 24.9. The zero-order chi connectivity index (χ0) is 16.9. The van der Waals surface area contributed by atoms with Crippen LogP contribution in [-0.2, 0) is 28.6 Å². The van der Waals surface area contributed by atoms with Crippen molar-refractivity contribution in [3.05, 3.63) is 35.7 Å². The van der Waals surface area contributed by atoms with E-state index in [4.69, 9.17) is 5.11 Å². The Morgan fingerprint density at radius 2 is 1.91 bits per heavy atom. The van der Waals surface area contributed by atoms with Crippen molar-refractivity contribution in [1.29, 1.82) is 0 Å². The van der Waals surface area contributed by atoms with Crippen LogP contribution in [0.15, 0.2) is 34.3 Å². The van der Waals surface area contributed by atoms with Gasteiger partial charge in [0.15, 0.2) is 15.0 Å². The number of aromatic nitrogens is 3. The van der Waals surface area contributed by atoms with Crippen LogP contribution in [0.5, 0.6) is 0 Å². The Labute approximate surface area is 140 Å². The van der Waals surface area contributed by atoms with Crippen LogP contribution < -0.4 is 0 Å². The van der Waals surface area contributed by atoms with Crippen LogP contribution in [0.4, 0.5) is 0 Å². The highest BCUT2D eigenvalue weighted by Gasteiger charge is 2.11. The third-order valence-corrected chi connectivity index (χ3v) is 5.55. The smallest absolute Gasteiger partial charge is 0.191 e. The summed E-state index contributed by atoms with van der Waals surface area (Å²) in [7, 11) is -3.16. The Kier molecular flexibility index (Phi) is 6.20. The number of aliphatic hydroxyl groups is 1. The van der Waals surface area contributed by atoms with Crippen LogP contribution in [0.1, 0.15) is 24.7 Å². The van der Waals surface area contributed by atoms with E-state index in [0.717, 1.165) is 23.1 Å². The molecule has 6 nitrogen and oxygen atoms in total. The van der Waals surface area contributed by atoms with Gasteiger partial charge in [0.2, 0.25) is 0 Å². The molecule has 1 heterocycles. The van der Waals surface area contributed by atoms with Gasteiger partial charge in [-0.25, -0.2) is 8.42 Å². The van der Waals surface area contributed by atoms with Gasteiger partial charge in [-0.2, -0.15) is 0 Å². The molecule has 0 fully saturated rings. The molecular weight excluding hydrogens is 334 g/mol. The maximum absolute atomic E-state index is 11.5. The summed E-state index contributed by atoms with van der Waals surface area (Å²) in [5.41, 5.74) is 1.03. The van der Waals surface area contributed by atoms with E-state index in [1.807, 2.05) is 23.6 Å². The molecule has 0 atom stereocenters. The number of benzene rings is 1. The molecule has 0 spiro atoms. The molecule has 23 heavy (non-hydrogen) atoms. The van der Waals surface area contributed by atoms with Gasteiger partial charge in [-0.15, -0.1) is 10.2 Å². The summed E-state index contributed by atoms with van der Waals surface area (Å²) in [4.78, 5) is 0.328. The van der Waals surface area contributed by atoms with Crippen LogP contribution in [0.25, 0.3) is 0 Å². The second kappa shape index (κ2) is 7.94. The van der Waals surface area contributed by atoms with Crippen LogP contribution in [-0.4, -0.2) is 41.2 Å². The predicted molar refractivity (Wildman–Crippen MR) is 90.2 cm³/mol. The molecule has 0 saturated carbocycles. The fraction of sp³-hybridized carbons (Fsp3) is 0.467. The maximum Gasteiger partial charge on any atom is 0.191 e. The third kappa shape index (κ3) is 4.79. The number of nitrogens with zero attached hydrogens (tertiary/aromatic N) is 3. The Bertz CT molecular complexity index is 740. The van der Waals surface area contributed by atoms with Crippen molar-refractivity contribution in [2.45, 2.75) is 42.1 Å². The van der Waals surface area contributed by atoms with Gasteiger partial charge < -0.3 is 9.67 Å². The Morgan fingerprint density at radius 3 is 2.48 bits per heavy atom. The molecule has 8 heteroatoms. The second-order valence-corrected chi connectivity index (χ2v) is 8.13. The fourth-order valence-electron chi connectivity index (χ4n) is 2.15. The zero-order valence-corrected chi connectivity index (χ0v) is 14.9. The van der Waals surface area contributed by atoms with Gasteiger partial charge in [0.1, 0.15) is 5.82 Å². The van der Waals surface area contributed by atoms with E-state index in [9.17, 15) is 8.42 Å². The van der Waals surface area contributed by atoms with E-state index in [1.54, 1.807) is 23.9 Å². The molecule has 2 rings (SSSR count). The molecule has 2 aromatic rings. The van der Waals surface area contributed by atoms with Gasteiger partial charge in [-0.1, -0.05) is 23.9 Å². The molecule has 0 radical (unpaired) electrons. The number of sulfone groups is 1. The minimum absolute atomic E-state index is 0.145. The SMILES string of the molecule is CCn1c(CCCO)nnc1SCc1ccc(S(C)(=O)=O)cc1. The number of hydrogen-bond acceptors (Lipinski definition) is 6. The van der Waals surface area contributed by atoms with Crippen LogP contribution in [0.2, 0.25) is 0 Å². The lowest BCUT2D eigenvalue weighted by atomic mass is 10.2. The first-order valence-electron chi connectivity index (χ1n) is 7.40. The van der Waals surface area contributed by atoms with Crippen molar-refractivity contribution >= 4 is 21.6 Å². The van der Waals surface area contributed by atoms with Gasteiger partial charge in [0.25, 0.3) is 0 Å². The van der Waals surface area contributed by atoms with Gasteiger partial charge in [-0.05, 0) is 31.0 Å². The summed E-state index contributed by atoms with van der Waals surface area (Å²) in [6.45, 7) is 2.96. The van der Waals surface area contributed by atoms with E-state index in [-0.39, 0.29) is 6.61 Å². The van der Waals surface area contributed by atoms with Crippen molar-refractivity contribution in [3.63, 3.8) is 0 Å². The van der Waals surface area contributed by atoms with Gasteiger partial charge in [-0.3, -0.25) is 0 Å². The van der Waals surface area contributed by atoms with E-state index in [1.165, 1.54) is 6.26 Å². The molecule has 1 aromatic carbocycles. The average molecular weight is 355 g/mol. The summed E-state index contributed by atoms with van der Waals surface area (Å²) in [6, 6.07) is 6.90. The Hall–Kier alpha value is -1.38. The van der Waals surface area contributed by atoms with Crippen molar-refractivity contribution in [1.82, 2.24) is 14.8 Å². The minimum Gasteiger partial charge on any atom is -0.396 e. The number of hydrogen-bond donors (Lipinski definition) is 1. The van der Waals surface area contributed by atoms with E-state index < -0.39 is 9.84 Å². The molecule has 0 aliphatic heterocycles. The molecule has 0 aliphatic rings. The normalized spacial score (nSPS) is 11.8. The Morgan fingerprint density at radius 1 is 1.22 bits per heavy atom. The maximum atomic E-state index is 11.5. The zero-order valence-electron chi connectivity index (χ0n) is 13.3. The van der Waals surface area contributed by atoms with Gasteiger partial charge >= 0.3 is 0 Å². The highest BCUT2D eigenvalue weighted by Crippen LogP contribution is 2.23. The van der Waals surface area contributed by atoms with Crippen molar-refractivity contribution < 1.29 is 13.5 Å². The van der Waals surface area contributed by atoms with E-state index >= 15 is 0 Å². The number of thioether (sulfide) groups is 1. The Balaban J connectivity index is 2.04. The molecule has 0 amide bonds. The van der Waals surface area contributed by atoms with E-state index in [0.29, 0.717) is 23.5 Å². The van der Waals surface area contributed by atoms with Gasteiger partial charge in [0, 0.05) is 31.6 Å². The second-order valence-electron chi connectivity index (χ2n) is 5.18. The molecule has 0 saturated heterocycles. The number of aryl methyl sites for hydroxylation is 1. The first-order valence-corrected chi connectivity index (χ1v) is 10.3. The molecule has 0 bridgehead atoms. The summed E-state index contributed by atoms with van der Waals surface area (Å²) in [5.74, 6) is 1.58. The first-order chi connectivity index (χ1) is 11.0. The van der Waals surface area contributed by atoms with Crippen molar-refractivity contribution in [3.8, 4) is 0 Å². The molecule has 0 unspecified atom stereocenters. The van der Waals surface area contributed by atoms with Crippen molar-refractivity contribution in [2.24, 2.45) is 0 Å². The first kappa shape index (κ1) is 18.0. The molecule has 126 valence electrons. The third-order valence-electron chi connectivity index (χ3n) is 3.39.